The van der Waals surface area contributed by atoms with Gasteiger partial charge in [-0.25, -0.2) is 0 Å². The van der Waals surface area contributed by atoms with Crippen molar-refractivity contribution in [3.8, 4) is 0 Å². The zero-order chi connectivity index (χ0) is 14.5. The Labute approximate surface area is 143 Å². The quantitative estimate of drug-likeness (QED) is 0.351. The van der Waals surface area contributed by atoms with Crippen LogP contribution in [0.2, 0.25) is 0 Å². The molecule has 118 valence electrons. The van der Waals surface area contributed by atoms with Gasteiger partial charge in [-0.1, -0.05) is 24.2 Å². The molecule has 1 unspecified atom stereocenters. The highest BCUT2D eigenvalue weighted by atomic mass is 127. The zero-order valence-corrected chi connectivity index (χ0v) is 15.5. The standard InChI is InChI=1S/C15H24N4O.HI/c1-10(14-11(2)19-20-12(14)3)9-17-15(16-4)18-13-7-5-6-8-13;/h5-6,10,13H,7-9H2,1-4H3,(H2,16,17,18);1H. The minimum absolute atomic E-state index is 0. The second kappa shape index (κ2) is 8.41. The molecule has 1 aromatic rings. The largest absolute Gasteiger partial charge is 0.361 e. The van der Waals surface area contributed by atoms with Gasteiger partial charge in [0.25, 0.3) is 0 Å². The van der Waals surface area contributed by atoms with Crippen LogP contribution in [0.25, 0.3) is 0 Å². The minimum atomic E-state index is 0. The molecule has 0 saturated carbocycles. The van der Waals surface area contributed by atoms with Crippen LogP contribution < -0.4 is 10.6 Å². The molecule has 5 nitrogen and oxygen atoms in total. The maximum absolute atomic E-state index is 5.23. The molecule has 0 aromatic carbocycles. The molecule has 0 aliphatic heterocycles. The lowest BCUT2D eigenvalue weighted by atomic mass is 10.00. The van der Waals surface area contributed by atoms with E-state index in [1.165, 1.54) is 5.56 Å². The zero-order valence-electron chi connectivity index (χ0n) is 13.1. The number of halogens is 1. The number of aryl methyl sites for hydroxylation is 2. The smallest absolute Gasteiger partial charge is 0.191 e. The summed E-state index contributed by atoms with van der Waals surface area (Å²) < 4.78 is 5.23. The molecule has 0 saturated heterocycles. The van der Waals surface area contributed by atoms with Gasteiger partial charge in [-0.05, 0) is 26.7 Å². The third-order valence-electron chi connectivity index (χ3n) is 3.73. The lowest BCUT2D eigenvalue weighted by Crippen LogP contribution is -2.43. The average Bonchev–Trinajstić information content (AvgIpc) is 3.04. The first-order valence-corrected chi connectivity index (χ1v) is 7.16. The van der Waals surface area contributed by atoms with Gasteiger partial charge >= 0.3 is 0 Å². The van der Waals surface area contributed by atoms with Gasteiger partial charge in [0.05, 0.1) is 5.69 Å². The number of nitrogens with zero attached hydrogens (tertiary/aromatic N) is 2. The van der Waals surface area contributed by atoms with Gasteiger partial charge in [0.15, 0.2) is 5.96 Å². The first kappa shape index (κ1) is 18.0. The van der Waals surface area contributed by atoms with Crippen molar-refractivity contribution in [3.05, 3.63) is 29.2 Å². The van der Waals surface area contributed by atoms with Crippen molar-refractivity contribution >= 4 is 29.9 Å². The Morgan fingerprint density at radius 1 is 1.43 bits per heavy atom. The highest BCUT2D eigenvalue weighted by molar-refractivity contribution is 14.0. The highest BCUT2D eigenvalue weighted by Gasteiger charge is 2.17. The number of rotatable bonds is 4. The highest BCUT2D eigenvalue weighted by Crippen LogP contribution is 2.22. The van der Waals surface area contributed by atoms with Crippen LogP contribution in [0.1, 0.15) is 42.7 Å². The summed E-state index contributed by atoms with van der Waals surface area (Å²) in [6.45, 7) is 6.93. The van der Waals surface area contributed by atoms with Crippen LogP contribution in [0.4, 0.5) is 0 Å². The number of aromatic nitrogens is 1. The van der Waals surface area contributed by atoms with Gasteiger partial charge in [0, 0.05) is 31.1 Å². The van der Waals surface area contributed by atoms with E-state index in [4.69, 9.17) is 4.52 Å². The Morgan fingerprint density at radius 2 is 2.10 bits per heavy atom. The number of guanidine groups is 1. The van der Waals surface area contributed by atoms with E-state index >= 15 is 0 Å². The number of aliphatic imine (C=N–C) groups is 1. The summed E-state index contributed by atoms with van der Waals surface area (Å²) in [5.74, 6) is 2.10. The van der Waals surface area contributed by atoms with E-state index < -0.39 is 0 Å². The topological polar surface area (TPSA) is 62.5 Å². The first-order valence-electron chi connectivity index (χ1n) is 7.16. The van der Waals surface area contributed by atoms with E-state index in [1.807, 2.05) is 13.8 Å². The predicted molar refractivity (Wildman–Crippen MR) is 96.5 cm³/mol. The van der Waals surface area contributed by atoms with Gasteiger partial charge in [-0.15, -0.1) is 24.0 Å². The van der Waals surface area contributed by atoms with Crippen molar-refractivity contribution in [1.29, 1.82) is 0 Å². The van der Waals surface area contributed by atoms with Gasteiger partial charge in [0.2, 0.25) is 0 Å². The summed E-state index contributed by atoms with van der Waals surface area (Å²) in [6, 6.07) is 0.468. The summed E-state index contributed by atoms with van der Waals surface area (Å²) in [7, 11) is 1.80. The maximum atomic E-state index is 5.23. The Kier molecular flexibility index (Phi) is 7.21. The molecule has 1 aromatic heterocycles. The molecule has 1 atom stereocenters. The van der Waals surface area contributed by atoms with Crippen LogP contribution in [0.5, 0.6) is 0 Å². The molecule has 1 aliphatic carbocycles. The Morgan fingerprint density at radius 3 is 2.62 bits per heavy atom. The third kappa shape index (κ3) is 4.72. The average molecular weight is 404 g/mol. The lowest BCUT2D eigenvalue weighted by molar-refractivity contribution is 0.391. The summed E-state index contributed by atoms with van der Waals surface area (Å²) in [5.41, 5.74) is 2.16. The summed E-state index contributed by atoms with van der Waals surface area (Å²) in [5, 5.41) is 10.8. The lowest BCUT2D eigenvalue weighted by Gasteiger charge is -2.19. The molecule has 0 bridgehead atoms. The maximum Gasteiger partial charge on any atom is 0.191 e. The normalized spacial score (nSPS) is 16.7. The molecule has 0 amide bonds. The second-order valence-electron chi connectivity index (χ2n) is 5.38. The molecule has 2 N–H and O–H groups in total. The van der Waals surface area contributed by atoms with Crippen LogP contribution in [-0.2, 0) is 0 Å². The summed E-state index contributed by atoms with van der Waals surface area (Å²) >= 11 is 0. The number of hydrogen-bond acceptors (Lipinski definition) is 3. The van der Waals surface area contributed by atoms with Crippen molar-refractivity contribution in [2.45, 2.75) is 45.6 Å². The van der Waals surface area contributed by atoms with E-state index in [2.05, 4.69) is 39.9 Å². The molecule has 0 spiro atoms. The summed E-state index contributed by atoms with van der Waals surface area (Å²) in [6.07, 6.45) is 6.55. The van der Waals surface area contributed by atoms with E-state index in [9.17, 15) is 0 Å². The molecule has 0 radical (unpaired) electrons. The van der Waals surface area contributed by atoms with Crippen molar-refractivity contribution in [2.75, 3.05) is 13.6 Å². The van der Waals surface area contributed by atoms with Gasteiger partial charge < -0.3 is 15.2 Å². The molecule has 21 heavy (non-hydrogen) atoms. The predicted octanol–water partition coefficient (Wildman–Crippen LogP) is 2.90. The SMILES string of the molecule is CN=C(NCC(C)c1c(C)noc1C)NC1CC=CC1.I. The molecule has 6 heteroatoms. The van der Waals surface area contributed by atoms with E-state index in [0.29, 0.717) is 12.0 Å². The Balaban J connectivity index is 0.00000220. The van der Waals surface area contributed by atoms with Gasteiger partial charge in [-0.2, -0.15) is 0 Å². The van der Waals surface area contributed by atoms with Crippen LogP contribution in [0.3, 0.4) is 0 Å². The molecule has 1 heterocycles. The van der Waals surface area contributed by atoms with Crippen molar-refractivity contribution in [1.82, 2.24) is 15.8 Å². The molecular weight excluding hydrogens is 379 g/mol. The van der Waals surface area contributed by atoms with Crippen molar-refractivity contribution < 1.29 is 4.52 Å². The first-order chi connectivity index (χ1) is 9.61. The van der Waals surface area contributed by atoms with E-state index in [1.54, 1.807) is 7.05 Å². The fourth-order valence-electron chi connectivity index (χ4n) is 2.67. The molecule has 0 fully saturated rings. The van der Waals surface area contributed by atoms with Gasteiger partial charge in [-0.3, -0.25) is 4.99 Å². The summed E-state index contributed by atoms with van der Waals surface area (Å²) in [4.78, 5) is 4.28. The van der Waals surface area contributed by atoms with Gasteiger partial charge in [0.1, 0.15) is 5.76 Å². The monoisotopic (exact) mass is 404 g/mol. The van der Waals surface area contributed by atoms with E-state index in [0.717, 1.165) is 36.8 Å². The van der Waals surface area contributed by atoms with Crippen LogP contribution in [0, 0.1) is 13.8 Å². The molecule has 2 rings (SSSR count). The number of nitrogens with one attached hydrogen (secondary N) is 2. The fraction of sp³-hybridized carbons (Fsp3) is 0.600. The van der Waals surface area contributed by atoms with Crippen LogP contribution in [0.15, 0.2) is 21.7 Å². The fourth-order valence-corrected chi connectivity index (χ4v) is 2.67. The van der Waals surface area contributed by atoms with Crippen LogP contribution >= 0.6 is 24.0 Å². The third-order valence-corrected chi connectivity index (χ3v) is 3.73. The Bertz CT molecular complexity index is 482. The minimum Gasteiger partial charge on any atom is -0.361 e. The van der Waals surface area contributed by atoms with Crippen LogP contribution in [-0.4, -0.2) is 30.8 Å². The Hall–Kier alpha value is -1.05. The van der Waals surface area contributed by atoms with E-state index in [-0.39, 0.29) is 24.0 Å². The van der Waals surface area contributed by atoms with Crippen molar-refractivity contribution in [3.63, 3.8) is 0 Å². The second-order valence-corrected chi connectivity index (χ2v) is 5.38. The number of hydrogen-bond donors (Lipinski definition) is 2. The van der Waals surface area contributed by atoms with Crippen molar-refractivity contribution in [2.24, 2.45) is 4.99 Å². The molecular formula is C15H25IN4O. The molecule has 1 aliphatic rings.